The van der Waals surface area contributed by atoms with Gasteiger partial charge in [-0.2, -0.15) is 0 Å². The van der Waals surface area contributed by atoms with Crippen LogP contribution in [-0.4, -0.2) is 40.6 Å². The third-order valence-corrected chi connectivity index (χ3v) is 3.62. The summed E-state index contributed by atoms with van der Waals surface area (Å²) in [6.45, 7) is 3.83. The van der Waals surface area contributed by atoms with Crippen LogP contribution in [0.3, 0.4) is 0 Å². The van der Waals surface area contributed by atoms with Gasteiger partial charge in [0.05, 0.1) is 25.6 Å². The second kappa shape index (κ2) is 7.18. The normalized spacial score (nSPS) is 11.3. The molecule has 0 atom stereocenters. The van der Waals surface area contributed by atoms with E-state index in [1.54, 1.807) is 13.8 Å². The van der Waals surface area contributed by atoms with Crippen LogP contribution >= 0.6 is 7.60 Å². The number of rotatable bonds is 8. The summed E-state index contributed by atoms with van der Waals surface area (Å²) in [5, 5.41) is 8.65. The third kappa shape index (κ3) is 4.94. The Labute approximate surface area is 110 Å². The summed E-state index contributed by atoms with van der Waals surface area (Å²) >= 11 is 0. The van der Waals surface area contributed by atoms with Crippen LogP contribution in [0.4, 0.5) is 0 Å². The summed E-state index contributed by atoms with van der Waals surface area (Å²) in [6.07, 6.45) is 1.87. The number of aromatic nitrogens is 2. The van der Waals surface area contributed by atoms with Gasteiger partial charge in [0.25, 0.3) is 0 Å². The van der Waals surface area contributed by atoms with Crippen LogP contribution in [-0.2, 0) is 13.6 Å². The van der Waals surface area contributed by atoms with E-state index in [-0.39, 0.29) is 31.1 Å². The molecule has 0 unspecified atom stereocenters. The van der Waals surface area contributed by atoms with Crippen molar-refractivity contribution >= 4 is 13.6 Å². The molecule has 9 heteroatoms. The topological polar surface area (TPSA) is 108 Å². The van der Waals surface area contributed by atoms with E-state index in [2.05, 4.69) is 9.97 Å². The maximum atomic E-state index is 12.0. The second-order valence-electron chi connectivity index (χ2n) is 3.26. The minimum atomic E-state index is -3.32. The summed E-state index contributed by atoms with van der Waals surface area (Å²) in [6, 6.07) is 0. The van der Waals surface area contributed by atoms with Crippen LogP contribution in [0.15, 0.2) is 12.4 Å². The van der Waals surface area contributed by atoms with Crippen molar-refractivity contribution in [3.05, 3.63) is 18.1 Å². The predicted molar refractivity (Wildman–Crippen MR) is 65.3 cm³/mol. The average molecular weight is 290 g/mol. The number of carbonyl (C=O) groups is 1. The van der Waals surface area contributed by atoms with Gasteiger partial charge in [-0.1, -0.05) is 0 Å². The Morgan fingerprint density at radius 3 is 2.32 bits per heavy atom. The van der Waals surface area contributed by atoms with Crippen LogP contribution in [0.5, 0.6) is 5.88 Å². The first-order valence-electron chi connectivity index (χ1n) is 5.57. The van der Waals surface area contributed by atoms with Gasteiger partial charge < -0.3 is 18.9 Å². The Bertz CT molecular complexity index is 454. The SMILES string of the molecule is CCOP(=O)(COc1cnc(C(=O)O)cn1)OCC. The van der Waals surface area contributed by atoms with Crippen LogP contribution in [0.25, 0.3) is 0 Å². The van der Waals surface area contributed by atoms with E-state index in [1.807, 2.05) is 0 Å². The van der Waals surface area contributed by atoms with Gasteiger partial charge in [0.15, 0.2) is 12.0 Å². The van der Waals surface area contributed by atoms with Crippen molar-refractivity contribution in [2.24, 2.45) is 0 Å². The average Bonchev–Trinajstić information content (AvgIpc) is 2.37. The Hall–Kier alpha value is -1.50. The lowest BCUT2D eigenvalue weighted by Gasteiger charge is -2.16. The molecule has 1 heterocycles. The molecule has 0 aromatic carbocycles. The Morgan fingerprint density at radius 2 is 1.89 bits per heavy atom. The first-order chi connectivity index (χ1) is 9.00. The molecule has 0 saturated carbocycles. The Morgan fingerprint density at radius 1 is 1.26 bits per heavy atom. The highest BCUT2D eigenvalue weighted by Crippen LogP contribution is 2.47. The zero-order valence-corrected chi connectivity index (χ0v) is 11.5. The van der Waals surface area contributed by atoms with E-state index in [0.29, 0.717) is 0 Å². The van der Waals surface area contributed by atoms with Crippen LogP contribution in [0.2, 0.25) is 0 Å². The van der Waals surface area contributed by atoms with Gasteiger partial charge in [0.1, 0.15) is 0 Å². The van der Waals surface area contributed by atoms with Crippen LogP contribution in [0.1, 0.15) is 24.3 Å². The van der Waals surface area contributed by atoms with E-state index < -0.39 is 13.6 Å². The van der Waals surface area contributed by atoms with E-state index in [0.717, 1.165) is 12.4 Å². The van der Waals surface area contributed by atoms with Crippen LogP contribution in [0, 0.1) is 0 Å². The molecule has 0 fully saturated rings. The van der Waals surface area contributed by atoms with E-state index >= 15 is 0 Å². The number of ether oxygens (including phenoxy) is 1. The molecule has 1 aromatic rings. The standard InChI is InChI=1S/C10H15N2O6P/c1-3-17-19(15,18-4-2)7-16-9-6-11-8(5-12-9)10(13)14/h5-6H,3-4,7H2,1-2H3,(H,13,14). The lowest BCUT2D eigenvalue weighted by Crippen LogP contribution is -2.07. The highest BCUT2D eigenvalue weighted by molar-refractivity contribution is 7.53. The van der Waals surface area contributed by atoms with Gasteiger partial charge in [-0.25, -0.2) is 14.8 Å². The Balaban J connectivity index is 2.64. The van der Waals surface area contributed by atoms with Crippen molar-refractivity contribution in [3.8, 4) is 5.88 Å². The molecule has 8 nitrogen and oxygen atoms in total. The van der Waals surface area contributed by atoms with Crippen molar-refractivity contribution in [1.29, 1.82) is 0 Å². The fourth-order valence-electron chi connectivity index (χ4n) is 1.15. The van der Waals surface area contributed by atoms with Gasteiger partial charge in [-0.15, -0.1) is 0 Å². The smallest absolute Gasteiger partial charge is 0.367 e. The maximum absolute atomic E-state index is 12.0. The lowest BCUT2D eigenvalue weighted by molar-refractivity contribution is 0.0689. The van der Waals surface area contributed by atoms with Gasteiger partial charge in [-0.05, 0) is 13.8 Å². The van der Waals surface area contributed by atoms with E-state index in [1.165, 1.54) is 0 Å². The van der Waals surface area contributed by atoms with Crippen LogP contribution < -0.4 is 4.74 Å². The summed E-state index contributed by atoms with van der Waals surface area (Å²) in [5.41, 5.74) is -0.204. The summed E-state index contributed by atoms with van der Waals surface area (Å²) in [4.78, 5) is 17.9. The molecule has 0 amide bonds. The molecular weight excluding hydrogens is 275 g/mol. The minimum absolute atomic E-state index is 0.0460. The summed E-state index contributed by atoms with van der Waals surface area (Å²) < 4.78 is 27.2. The zero-order chi connectivity index (χ0) is 14.3. The molecule has 0 bridgehead atoms. The lowest BCUT2D eigenvalue weighted by atomic mass is 10.5. The van der Waals surface area contributed by atoms with Gasteiger partial charge in [0, 0.05) is 0 Å². The molecule has 0 saturated heterocycles. The van der Waals surface area contributed by atoms with Crippen molar-refractivity contribution in [2.45, 2.75) is 13.8 Å². The zero-order valence-electron chi connectivity index (χ0n) is 10.6. The monoisotopic (exact) mass is 290 g/mol. The Kier molecular flexibility index (Phi) is 5.88. The molecule has 19 heavy (non-hydrogen) atoms. The summed E-state index contributed by atoms with van der Waals surface area (Å²) in [7, 11) is -3.32. The molecule has 1 rings (SSSR count). The molecule has 0 spiro atoms. The van der Waals surface area contributed by atoms with E-state index in [9.17, 15) is 9.36 Å². The number of hydrogen-bond donors (Lipinski definition) is 1. The minimum Gasteiger partial charge on any atom is -0.476 e. The summed E-state index contributed by atoms with van der Waals surface area (Å²) in [5.74, 6) is -1.14. The van der Waals surface area contributed by atoms with Crippen molar-refractivity contribution in [3.63, 3.8) is 0 Å². The molecular formula is C10H15N2O6P. The number of nitrogens with zero attached hydrogens (tertiary/aromatic N) is 2. The maximum Gasteiger partial charge on any atom is 0.367 e. The fraction of sp³-hybridized carbons (Fsp3) is 0.500. The molecule has 0 aliphatic heterocycles. The number of carboxylic acids is 1. The quantitative estimate of drug-likeness (QED) is 0.722. The number of aromatic carboxylic acids is 1. The number of carboxylic acid groups (broad SMARTS) is 1. The fourth-order valence-corrected chi connectivity index (χ4v) is 2.45. The third-order valence-electron chi connectivity index (χ3n) is 1.87. The predicted octanol–water partition coefficient (Wildman–Crippen LogP) is 1.78. The van der Waals surface area contributed by atoms with Gasteiger partial charge >= 0.3 is 13.6 Å². The molecule has 106 valence electrons. The molecule has 0 aliphatic carbocycles. The van der Waals surface area contributed by atoms with E-state index in [4.69, 9.17) is 18.9 Å². The van der Waals surface area contributed by atoms with Crippen molar-refractivity contribution in [1.82, 2.24) is 9.97 Å². The molecule has 0 radical (unpaired) electrons. The molecule has 0 aliphatic rings. The first-order valence-corrected chi connectivity index (χ1v) is 7.29. The largest absolute Gasteiger partial charge is 0.476 e. The number of hydrogen-bond acceptors (Lipinski definition) is 7. The second-order valence-corrected chi connectivity index (χ2v) is 5.26. The van der Waals surface area contributed by atoms with Crippen molar-refractivity contribution < 1.29 is 28.3 Å². The van der Waals surface area contributed by atoms with Gasteiger partial charge in [0.2, 0.25) is 5.88 Å². The van der Waals surface area contributed by atoms with Crippen molar-refractivity contribution in [2.75, 3.05) is 19.6 Å². The first kappa shape index (κ1) is 15.6. The highest BCUT2D eigenvalue weighted by atomic mass is 31.2. The molecule has 1 aromatic heterocycles. The highest BCUT2D eigenvalue weighted by Gasteiger charge is 2.25. The van der Waals surface area contributed by atoms with Gasteiger partial charge in [-0.3, -0.25) is 4.57 Å². The molecule has 1 N–H and O–H groups in total.